The number of carbonyl (C=O) groups is 3. The molecule has 0 atom stereocenters. The van der Waals surface area contributed by atoms with Crippen LogP contribution in [0.2, 0.25) is 0 Å². The van der Waals surface area contributed by atoms with Gasteiger partial charge in [0, 0.05) is 55.5 Å². The zero-order valence-corrected chi connectivity index (χ0v) is 22.6. The van der Waals surface area contributed by atoms with E-state index in [1.165, 1.54) is 5.69 Å². The highest BCUT2D eigenvalue weighted by Crippen LogP contribution is 2.30. The monoisotopic (exact) mass is 568 g/mol. The number of alkyl halides is 3. The van der Waals surface area contributed by atoms with Gasteiger partial charge in [0.1, 0.15) is 6.54 Å². The number of pyridine rings is 1. The van der Waals surface area contributed by atoms with Crippen LogP contribution in [0.3, 0.4) is 0 Å². The first kappa shape index (κ1) is 29.6. The van der Waals surface area contributed by atoms with Crippen LogP contribution < -0.4 is 9.80 Å². The molecule has 0 aliphatic carbocycles. The summed E-state index contributed by atoms with van der Waals surface area (Å²) in [5.74, 6) is -2.44. The third kappa shape index (κ3) is 7.62. The highest BCUT2D eigenvalue weighted by Gasteiger charge is 2.38. The Balaban J connectivity index is 0.000000493. The van der Waals surface area contributed by atoms with Gasteiger partial charge in [0.15, 0.2) is 0 Å². The Morgan fingerprint density at radius 2 is 1.63 bits per heavy atom. The van der Waals surface area contributed by atoms with Gasteiger partial charge in [-0.3, -0.25) is 14.6 Å². The van der Waals surface area contributed by atoms with Crippen molar-refractivity contribution in [2.24, 2.45) is 5.92 Å². The normalized spacial score (nSPS) is 15.9. The van der Waals surface area contributed by atoms with E-state index in [4.69, 9.17) is 9.90 Å². The number of benzene rings is 2. The topological polar surface area (TPSA) is 94.1 Å². The first-order chi connectivity index (χ1) is 19.5. The number of aliphatic carboxylic acids is 1. The van der Waals surface area contributed by atoms with Crippen molar-refractivity contribution < 1.29 is 32.7 Å². The number of amides is 2. The number of nitrogens with zero attached hydrogens (tertiary/aromatic N) is 4. The van der Waals surface area contributed by atoms with Crippen LogP contribution in [-0.4, -0.2) is 65.1 Å². The first-order valence-corrected chi connectivity index (χ1v) is 13.2. The molecule has 5 rings (SSSR count). The van der Waals surface area contributed by atoms with E-state index < -0.39 is 12.1 Å². The fourth-order valence-electron chi connectivity index (χ4n) is 5.04. The Kier molecular flexibility index (Phi) is 9.26. The zero-order chi connectivity index (χ0) is 29.6. The van der Waals surface area contributed by atoms with Gasteiger partial charge in [-0.1, -0.05) is 35.9 Å². The fraction of sp³-hybridized carbons (Fsp3) is 0.333. The maximum absolute atomic E-state index is 13.5. The molecule has 0 bridgehead atoms. The summed E-state index contributed by atoms with van der Waals surface area (Å²) < 4.78 is 31.7. The number of para-hydroxylation sites is 1. The summed E-state index contributed by atoms with van der Waals surface area (Å²) in [6.07, 6.45) is 0.635. The van der Waals surface area contributed by atoms with Crippen molar-refractivity contribution in [3.8, 4) is 0 Å². The van der Waals surface area contributed by atoms with E-state index in [1.54, 1.807) is 4.90 Å². The van der Waals surface area contributed by atoms with Crippen molar-refractivity contribution in [3.63, 3.8) is 0 Å². The molecule has 0 saturated carbocycles. The second-order valence-corrected chi connectivity index (χ2v) is 10.1. The fourth-order valence-corrected chi connectivity index (χ4v) is 5.04. The molecule has 216 valence electrons. The number of carboxylic acid groups (broad SMARTS) is 1. The number of aromatic nitrogens is 1. The average Bonchev–Trinajstić information content (AvgIpc) is 3.09. The van der Waals surface area contributed by atoms with Crippen molar-refractivity contribution in [2.45, 2.75) is 32.5 Å². The third-order valence-corrected chi connectivity index (χ3v) is 7.15. The molecular formula is C30H31F3N4O4. The lowest BCUT2D eigenvalue weighted by Gasteiger charge is -2.36. The molecular weight excluding hydrogens is 537 g/mol. The molecule has 11 heteroatoms. The number of carboxylic acids is 1. The van der Waals surface area contributed by atoms with Gasteiger partial charge in [-0.05, 0) is 61.6 Å². The molecule has 3 heterocycles. The quantitative estimate of drug-likeness (QED) is 0.480. The first-order valence-electron chi connectivity index (χ1n) is 13.2. The van der Waals surface area contributed by atoms with Crippen molar-refractivity contribution in [1.82, 2.24) is 9.88 Å². The molecule has 0 unspecified atom stereocenters. The van der Waals surface area contributed by atoms with Crippen molar-refractivity contribution >= 4 is 29.2 Å². The summed E-state index contributed by atoms with van der Waals surface area (Å²) in [6.45, 7) is 5.13. The minimum absolute atomic E-state index is 0.0116. The summed E-state index contributed by atoms with van der Waals surface area (Å²) in [4.78, 5) is 45.7. The van der Waals surface area contributed by atoms with Crippen molar-refractivity contribution in [3.05, 3.63) is 89.7 Å². The average molecular weight is 569 g/mol. The predicted molar refractivity (Wildman–Crippen MR) is 148 cm³/mol. The van der Waals surface area contributed by atoms with Crippen molar-refractivity contribution in [2.75, 3.05) is 36.0 Å². The molecule has 2 amide bonds. The smallest absolute Gasteiger partial charge is 0.475 e. The zero-order valence-electron chi connectivity index (χ0n) is 22.6. The van der Waals surface area contributed by atoms with Gasteiger partial charge in [-0.15, -0.1) is 0 Å². The summed E-state index contributed by atoms with van der Waals surface area (Å²) in [5.41, 5.74) is 4.82. The molecule has 1 fully saturated rings. The van der Waals surface area contributed by atoms with Gasteiger partial charge in [0.2, 0.25) is 5.91 Å². The molecule has 3 aromatic rings. The minimum Gasteiger partial charge on any atom is -0.475 e. The maximum Gasteiger partial charge on any atom is 0.490 e. The molecule has 41 heavy (non-hydrogen) atoms. The summed E-state index contributed by atoms with van der Waals surface area (Å²) in [7, 11) is 0. The Hall–Kier alpha value is -4.41. The predicted octanol–water partition coefficient (Wildman–Crippen LogP) is 4.93. The Morgan fingerprint density at radius 1 is 0.976 bits per heavy atom. The highest BCUT2D eigenvalue weighted by atomic mass is 19.4. The summed E-state index contributed by atoms with van der Waals surface area (Å²) >= 11 is 0. The van der Waals surface area contributed by atoms with Gasteiger partial charge in [-0.25, -0.2) is 4.79 Å². The number of anilines is 2. The van der Waals surface area contributed by atoms with Crippen LogP contribution in [-0.2, 0) is 16.1 Å². The number of piperidine rings is 1. The van der Waals surface area contributed by atoms with Crippen LogP contribution in [0.4, 0.5) is 24.5 Å². The van der Waals surface area contributed by atoms with Gasteiger partial charge in [0.05, 0.1) is 0 Å². The van der Waals surface area contributed by atoms with Crippen LogP contribution in [0.1, 0.15) is 34.3 Å². The number of fused-ring (bicyclic) bond motifs is 1. The minimum atomic E-state index is -5.08. The lowest BCUT2D eigenvalue weighted by molar-refractivity contribution is -0.192. The number of rotatable bonds is 4. The number of carbonyl (C=O) groups excluding carboxylic acids is 2. The highest BCUT2D eigenvalue weighted by molar-refractivity contribution is 6.02. The van der Waals surface area contributed by atoms with Gasteiger partial charge in [0.25, 0.3) is 5.91 Å². The van der Waals surface area contributed by atoms with Crippen LogP contribution in [0, 0.1) is 12.8 Å². The molecule has 2 aliphatic rings. The second kappa shape index (κ2) is 12.8. The maximum atomic E-state index is 13.5. The molecule has 2 aromatic carbocycles. The van der Waals surface area contributed by atoms with Crippen LogP contribution in [0.15, 0.2) is 73.1 Å². The van der Waals surface area contributed by atoms with Gasteiger partial charge < -0.3 is 19.8 Å². The van der Waals surface area contributed by atoms with Gasteiger partial charge in [-0.2, -0.15) is 13.2 Å². The van der Waals surface area contributed by atoms with Crippen molar-refractivity contribution in [1.29, 1.82) is 0 Å². The lowest BCUT2D eigenvalue weighted by Crippen LogP contribution is -2.44. The Labute approximate surface area is 236 Å². The number of aryl methyl sites for hydroxylation is 1. The SMILES string of the molecule is Cc1cccc(C(=O)N2CC(=O)N(CC3CCN(c4ccncc4)CC3)c3ccccc3C2)c1.O=C(O)C(F)(F)F. The number of halogens is 3. The largest absolute Gasteiger partial charge is 0.490 e. The second-order valence-electron chi connectivity index (χ2n) is 10.1. The molecule has 2 aliphatic heterocycles. The van der Waals surface area contributed by atoms with E-state index in [2.05, 4.69) is 22.0 Å². The summed E-state index contributed by atoms with van der Waals surface area (Å²) in [5, 5.41) is 7.12. The molecule has 1 aromatic heterocycles. The lowest BCUT2D eigenvalue weighted by atomic mass is 9.95. The number of hydrogen-bond acceptors (Lipinski definition) is 5. The van der Waals surface area contributed by atoms with Crippen LogP contribution >= 0.6 is 0 Å². The van der Waals surface area contributed by atoms with E-state index >= 15 is 0 Å². The van der Waals surface area contributed by atoms with E-state index in [0.717, 1.165) is 42.7 Å². The molecule has 8 nitrogen and oxygen atoms in total. The molecule has 1 N–H and O–H groups in total. The van der Waals surface area contributed by atoms with E-state index in [9.17, 15) is 22.8 Å². The summed E-state index contributed by atoms with van der Waals surface area (Å²) in [6, 6.07) is 19.7. The van der Waals surface area contributed by atoms with Crippen LogP contribution in [0.5, 0.6) is 0 Å². The number of hydrogen-bond donors (Lipinski definition) is 1. The van der Waals surface area contributed by atoms with E-state index in [-0.39, 0.29) is 18.4 Å². The third-order valence-electron chi connectivity index (χ3n) is 7.15. The van der Waals surface area contributed by atoms with E-state index in [0.29, 0.717) is 24.6 Å². The molecule has 0 spiro atoms. The van der Waals surface area contributed by atoms with Crippen LogP contribution in [0.25, 0.3) is 0 Å². The van der Waals surface area contributed by atoms with Gasteiger partial charge >= 0.3 is 12.1 Å². The standard InChI is InChI=1S/C28H30N4O2.C2HF3O2/c1-21-5-4-7-23(17-21)28(34)31-19-24-6-2-3-8-26(24)32(27(33)20-31)18-22-11-15-30(16-12-22)25-9-13-29-14-10-25;3-2(4,5)1(6)7/h2-10,13-14,17,22H,11-12,15-16,18-20H2,1H3;(H,6,7). The molecule has 1 saturated heterocycles. The van der Waals surface area contributed by atoms with E-state index in [1.807, 2.05) is 72.7 Å². The molecule has 0 radical (unpaired) electrons. The Bertz CT molecular complexity index is 1380. The Morgan fingerprint density at radius 3 is 2.27 bits per heavy atom.